The number of benzene rings is 1. The highest BCUT2D eigenvalue weighted by molar-refractivity contribution is 6.04. The molecule has 0 aromatic heterocycles. The van der Waals surface area contributed by atoms with Crippen LogP contribution in [0.15, 0.2) is 40.2 Å². The maximum atomic E-state index is 11.4. The van der Waals surface area contributed by atoms with Gasteiger partial charge < -0.3 is 10.6 Å². The van der Waals surface area contributed by atoms with E-state index in [1.807, 2.05) is 10.8 Å². The van der Waals surface area contributed by atoms with E-state index >= 15 is 0 Å². The molecule has 0 spiro atoms. The predicted molar refractivity (Wildman–Crippen MR) is 156 cm³/mol. The van der Waals surface area contributed by atoms with E-state index in [1.54, 1.807) is 5.56 Å². The molecule has 2 N–H and O–H groups in total. The largest absolute Gasteiger partial charge is 0.396 e. The van der Waals surface area contributed by atoms with Crippen molar-refractivity contribution < 1.29 is 9.59 Å². The number of allylic oxidation sites excluding steroid dienone is 1. The number of rotatable bonds is 10. The summed E-state index contributed by atoms with van der Waals surface area (Å²) in [6, 6.07) is 6.77. The number of hydrogen-bond acceptors (Lipinski definition) is 5. The Hall–Kier alpha value is -2.65. The van der Waals surface area contributed by atoms with Gasteiger partial charge in [-0.3, -0.25) is 9.79 Å². The summed E-state index contributed by atoms with van der Waals surface area (Å²) in [5.41, 5.74) is 13.6. The number of aliphatic imine (C=N–C) groups is 1. The molecule has 1 aromatic carbocycles. The fourth-order valence-corrected chi connectivity index (χ4v) is 5.42. The molecule has 1 aliphatic heterocycles. The lowest BCUT2D eigenvalue weighted by Gasteiger charge is -2.29. The monoisotopic (exact) mass is 507 g/mol. The van der Waals surface area contributed by atoms with Gasteiger partial charge in [-0.1, -0.05) is 51.3 Å². The highest BCUT2D eigenvalue weighted by Gasteiger charge is 2.24. The maximum Gasteiger partial charge on any atom is 0.152 e. The molecule has 5 nitrogen and oxygen atoms in total. The summed E-state index contributed by atoms with van der Waals surface area (Å²) < 4.78 is 0. The van der Waals surface area contributed by atoms with Crippen molar-refractivity contribution in [1.29, 1.82) is 0 Å². The third kappa shape index (κ3) is 9.31. The highest BCUT2D eigenvalue weighted by Crippen LogP contribution is 2.31. The molecule has 204 valence electrons. The predicted octanol–water partition coefficient (Wildman–Crippen LogP) is 6.99. The number of Topliss-reactive ketones (excluding diaryl/α,β-unsaturated/α-hetero) is 1. The van der Waals surface area contributed by atoms with Gasteiger partial charge in [-0.2, -0.15) is 0 Å². The van der Waals surface area contributed by atoms with Crippen molar-refractivity contribution in [3.63, 3.8) is 0 Å². The second kappa shape index (κ2) is 16.2. The third-order valence-electron chi connectivity index (χ3n) is 7.66. The molecule has 2 aliphatic rings. The van der Waals surface area contributed by atoms with Crippen molar-refractivity contribution in [1.82, 2.24) is 4.90 Å². The summed E-state index contributed by atoms with van der Waals surface area (Å²) in [6.07, 6.45) is 12.6. The molecule has 1 aliphatic carbocycles. The van der Waals surface area contributed by atoms with Gasteiger partial charge in [0.25, 0.3) is 0 Å². The van der Waals surface area contributed by atoms with Crippen molar-refractivity contribution in [3.8, 4) is 0 Å². The van der Waals surface area contributed by atoms with Crippen LogP contribution in [0.25, 0.3) is 0 Å². The van der Waals surface area contributed by atoms with Crippen LogP contribution in [0.4, 0.5) is 0 Å². The topological polar surface area (TPSA) is 75.8 Å². The Morgan fingerprint density at radius 1 is 1.05 bits per heavy atom. The Morgan fingerprint density at radius 2 is 1.78 bits per heavy atom. The number of unbranched alkanes of at least 4 members (excludes halogenated alkanes) is 1. The molecule has 1 atom stereocenters. The molecule has 0 radical (unpaired) electrons. The first-order chi connectivity index (χ1) is 17.8. The number of ketones is 1. The quantitative estimate of drug-likeness (QED) is 0.346. The smallest absolute Gasteiger partial charge is 0.152 e. The summed E-state index contributed by atoms with van der Waals surface area (Å²) in [5, 5.41) is 0. The minimum Gasteiger partial charge on any atom is -0.396 e. The van der Waals surface area contributed by atoms with E-state index in [0.29, 0.717) is 11.4 Å². The van der Waals surface area contributed by atoms with Crippen LogP contribution < -0.4 is 5.73 Å². The van der Waals surface area contributed by atoms with Gasteiger partial charge in [-0.15, -0.1) is 0 Å². The zero-order valence-electron chi connectivity index (χ0n) is 24.0. The fourth-order valence-electron chi connectivity index (χ4n) is 5.42. The number of carbonyl (C=O) groups excluding carboxylic acids is 2. The number of nitrogens with zero attached hydrogens (tertiary/aromatic N) is 2. The molecule has 1 saturated carbocycles. The molecule has 5 heteroatoms. The first-order valence-corrected chi connectivity index (χ1v) is 14.4. The summed E-state index contributed by atoms with van der Waals surface area (Å²) in [5.74, 6) is 2.84. The molecule has 0 bridgehead atoms. The van der Waals surface area contributed by atoms with Gasteiger partial charge in [0.05, 0.1) is 12.2 Å². The molecule has 1 aromatic rings. The van der Waals surface area contributed by atoms with Crippen molar-refractivity contribution in [2.45, 2.75) is 111 Å². The third-order valence-corrected chi connectivity index (χ3v) is 7.66. The lowest BCUT2D eigenvalue weighted by atomic mass is 9.86. The number of aryl methyl sites for hydroxylation is 1. The SMILES string of the molecule is CC(=O)CN=C1CCC/C1=C(/N)C(=C=O)N1CCCCC1.CCCCC(CCC)c1cccc(C)c1C. The molecule has 1 saturated heterocycles. The first kappa shape index (κ1) is 30.6. The van der Waals surface area contributed by atoms with E-state index in [0.717, 1.165) is 62.4 Å². The van der Waals surface area contributed by atoms with Crippen molar-refractivity contribution in [3.05, 3.63) is 51.9 Å². The molecule has 37 heavy (non-hydrogen) atoms. The normalized spacial score (nSPS) is 18.6. The van der Waals surface area contributed by atoms with E-state index in [-0.39, 0.29) is 12.3 Å². The van der Waals surface area contributed by atoms with Crippen LogP contribution in [0.1, 0.15) is 114 Å². The lowest BCUT2D eigenvalue weighted by molar-refractivity contribution is -0.115. The first-order valence-electron chi connectivity index (χ1n) is 14.4. The maximum absolute atomic E-state index is 11.4. The van der Waals surface area contributed by atoms with E-state index in [4.69, 9.17) is 5.73 Å². The van der Waals surface area contributed by atoms with E-state index in [9.17, 15) is 9.59 Å². The molecule has 1 heterocycles. The van der Waals surface area contributed by atoms with Gasteiger partial charge >= 0.3 is 0 Å². The Morgan fingerprint density at radius 3 is 2.41 bits per heavy atom. The number of nitrogens with two attached hydrogens (primary N) is 1. The van der Waals surface area contributed by atoms with Crippen LogP contribution in [0.2, 0.25) is 0 Å². The second-order valence-electron chi connectivity index (χ2n) is 10.6. The Kier molecular flexibility index (Phi) is 13.4. The van der Waals surface area contributed by atoms with Gasteiger partial charge in [0.2, 0.25) is 0 Å². The number of carbonyl (C=O) groups is 1. The van der Waals surface area contributed by atoms with Gasteiger partial charge in [0.15, 0.2) is 11.7 Å². The van der Waals surface area contributed by atoms with Gasteiger partial charge in [0.1, 0.15) is 5.70 Å². The molecule has 3 rings (SSSR count). The average molecular weight is 508 g/mol. The van der Waals surface area contributed by atoms with Crippen molar-refractivity contribution >= 4 is 17.4 Å². The number of hydrogen-bond donors (Lipinski definition) is 1. The van der Waals surface area contributed by atoms with Gasteiger partial charge in [0, 0.05) is 18.8 Å². The van der Waals surface area contributed by atoms with E-state index in [2.05, 4.69) is 50.9 Å². The summed E-state index contributed by atoms with van der Waals surface area (Å²) >= 11 is 0. The van der Waals surface area contributed by atoms with Crippen LogP contribution in [-0.4, -0.2) is 42.0 Å². The van der Waals surface area contributed by atoms with Crippen molar-refractivity contribution in [2.75, 3.05) is 19.6 Å². The molecular formula is C32H49N3O2. The Labute approximate surface area is 225 Å². The zero-order chi connectivity index (χ0) is 27.2. The van der Waals surface area contributed by atoms with Crippen molar-refractivity contribution in [2.24, 2.45) is 10.7 Å². The standard InChI is InChI=1S/C16H23N3O2.C16H26/c1-12(21)10-18-14-7-5-6-13(14)16(17)15(11-20)19-8-3-2-4-9-19;1-5-7-11-15(9-6-2)16-12-8-10-13(3)14(16)4/h2-10,17H2,1H3;8,10,12,15H,5-7,9,11H2,1-4H3/b16-13-,18-14?;. The zero-order valence-corrected chi connectivity index (χ0v) is 24.0. The Balaban J connectivity index is 0.000000271. The average Bonchev–Trinajstić information content (AvgIpc) is 3.37. The van der Waals surface area contributed by atoms with Crippen LogP contribution in [0.5, 0.6) is 0 Å². The molecule has 0 amide bonds. The minimum atomic E-state index is 0.0366. The highest BCUT2D eigenvalue weighted by atomic mass is 16.1. The van der Waals surface area contributed by atoms with Gasteiger partial charge in [-0.25, -0.2) is 4.79 Å². The second-order valence-corrected chi connectivity index (χ2v) is 10.6. The van der Waals surface area contributed by atoms with Crippen LogP contribution in [0, 0.1) is 13.8 Å². The van der Waals surface area contributed by atoms with Crippen LogP contribution in [-0.2, 0) is 9.59 Å². The van der Waals surface area contributed by atoms with Gasteiger partial charge in [-0.05, 0) is 100 Å². The summed E-state index contributed by atoms with van der Waals surface area (Å²) in [7, 11) is 0. The molecular weight excluding hydrogens is 458 g/mol. The van der Waals surface area contributed by atoms with Crippen LogP contribution in [0.3, 0.4) is 0 Å². The summed E-state index contributed by atoms with van der Waals surface area (Å²) in [6.45, 7) is 12.5. The molecule has 1 unspecified atom stereocenters. The summed E-state index contributed by atoms with van der Waals surface area (Å²) in [4.78, 5) is 28.8. The number of likely N-dealkylation sites (tertiary alicyclic amines) is 1. The number of piperidine rings is 1. The molecule has 2 fully saturated rings. The lowest BCUT2D eigenvalue weighted by Crippen LogP contribution is -2.32. The van der Waals surface area contributed by atoms with Crippen LogP contribution >= 0.6 is 0 Å². The fraction of sp³-hybridized carbons (Fsp3) is 0.625. The Bertz CT molecular complexity index is 995. The minimum absolute atomic E-state index is 0.0366. The van der Waals surface area contributed by atoms with E-state index < -0.39 is 0 Å². The van der Waals surface area contributed by atoms with E-state index in [1.165, 1.54) is 56.6 Å².